The highest BCUT2D eigenvalue weighted by Gasteiger charge is 2.02. The van der Waals surface area contributed by atoms with Crippen molar-refractivity contribution in [3.05, 3.63) is 35.2 Å². The molecule has 0 saturated heterocycles. The van der Waals surface area contributed by atoms with Crippen molar-refractivity contribution < 1.29 is 0 Å². The average molecular weight is 205 g/mol. The molecule has 0 amide bonds. The van der Waals surface area contributed by atoms with E-state index in [1.54, 1.807) is 0 Å². The number of hydrogen-bond donors (Lipinski definition) is 0. The van der Waals surface area contributed by atoms with E-state index in [1.165, 1.54) is 11.3 Å². The molecular weight excluding hydrogens is 182 g/mol. The highest BCUT2D eigenvalue weighted by Crippen LogP contribution is 2.15. The molecule has 1 aromatic rings. The van der Waals surface area contributed by atoms with Gasteiger partial charge in [-0.3, -0.25) is 4.98 Å². The fourth-order valence-electron chi connectivity index (χ4n) is 1.27. The normalized spacial score (nSPS) is 10.3. The topological polar surface area (TPSA) is 12.9 Å². The van der Waals surface area contributed by atoms with E-state index >= 15 is 0 Å². The smallest absolute Gasteiger partial charge is 0.0448 e. The molecular formula is C14H23N. The molecule has 0 unspecified atom stereocenters. The van der Waals surface area contributed by atoms with E-state index in [2.05, 4.69) is 44.0 Å². The third kappa shape index (κ3) is 4.28. The molecule has 0 aliphatic carbocycles. The minimum atomic E-state index is 0.512. The first kappa shape index (κ1) is 13.9. The Morgan fingerprint density at radius 3 is 2.20 bits per heavy atom. The lowest BCUT2D eigenvalue weighted by Crippen LogP contribution is -1.95. The van der Waals surface area contributed by atoms with E-state index in [4.69, 9.17) is 0 Å². The van der Waals surface area contributed by atoms with Crippen molar-refractivity contribution in [3.8, 4) is 0 Å². The van der Waals surface area contributed by atoms with Crippen LogP contribution in [-0.4, -0.2) is 4.98 Å². The molecule has 1 heterocycles. The second-order valence-corrected chi connectivity index (χ2v) is 3.57. The van der Waals surface area contributed by atoms with Gasteiger partial charge >= 0.3 is 0 Å². The van der Waals surface area contributed by atoms with E-state index in [0.717, 1.165) is 5.69 Å². The molecule has 0 radical (unpaired) electrons. The lowest BCUT2D eigenvalue weighted by atomic mass is 10.1. The van der Waals surface area contributed by atoms with Crippen molar-refractivity contribution in [3.63, 3.8) is 0 Å². The van der Waals surface area contributed by atoms with E-state index in [0.29, 0.717) is 5.92 Å². The molecule has 1 rings (SSSR count). The number of aromatic nitrogens is 1. The summed E-state index contributed by atoms with van der Waals surface area (Å²) in [6.45, 7) is 12.4. The summed E-state index contributed by atoms with van der Waals surface area (Å²) in [6, 6.07) is 4.24. The third-order valence-electron chi connectivity index (χ3n) is 2.09. The van der Waals surface area contributed by atoms with Gasteiger partial charge in [0.25, 0.3) is 0 Å². The molecule has 0 fully saturated rings. The van der Waals surface area contributed by atoms with Crippen molar-refractivity contribution in [1.29, 1.82) is 0 Å². The molecule has 0 aromatic carbocycles. The summed E-state index contributed by atoms with van der Waals surface area (Å²) >= 11 is 0. The minimum absolute atomic E-state index is 0.512. The third-order valence-corrected chi connectivity index (χ3v) is 2.09. The summed E-state index contributed by atoms with van der Waals surface area (Å²) in [5, 5.41) is 0. The Kier molecular flexibility index (Phi) is 6.68. The number of hydrogen-bond acceptors (Lipinski definition) is 1. The van der Waals surface area contributed by atoms with Gasteiger partial charge < -0.3 is 0 Å². The van der Waals surface area contributed by atoms with Crippen LogP contribution in [0.3, 0.4) is 0 Å². The van der Waals surface area contributed by atoms with E-state index in [9.17, 15) is 0 Å². The Morgan fingerprint density at radius 1 is 1.20 bits per heavy atom. The van der Waals surface area contributed by atoms with Crippen LogP contribution in [0.1, 0.15) is 57.5 Å². The molecule has 0 spiro atoms. The number of rotatable bonds is 2. The van der Waals surface area contributed by atoms with Gasteiger partial charge in [0.15, 0.2) is 0 Å². The summed E-state index contributed by atoms with van der Waals surface area (Å²) in [5.41, 5.74) is 3.50. The molecule has 15 heavy (non-hydrogen) atoms. The average Bonchev–Trinajstić information content (AvgIpc) is 2.24. The fourth-order valence-corrected chi connectivity index (χ4v) is 1.27. The van der Waals surface area contributed by atoms with Crippen LogP contribution in [0.2, 0.25) is 0 Å². The Bertz CT molecular complexity index is 311. The van der Waals surface area contributed by atoms with Crippen LogP contribution in [0.4, 0.5) is 0 Å². The first-order chi connectivity index (χ1) is 7.15. The molecule has 0 N–H and O–H groups in total. The van der Waals surface area contributed by atoms with Crippen LogP contribution in [0.5, 0.6) is 0 Å². The van der Waals surface area contributed by atoms with Gasteiger partial charge in [-0.15, -0.1) is 0 Å². The van der Waals surface area contributed by atoms with Crippen LogP contribution < -0.4 is 0 Å². The second kappa shape index (κ2) is 7.22. The Morgan fingerprint density at radius 2 is 1.80 bits per heavy atom. The number of aryl methyl sites for hydroxylation is 1. The van der Waals surface area contributed by atoms with E-state index < -0.39 is 0 Å². The quantitative estimate of drug-likeness (QED) is 0.689. The van der Waals surface area contributed by atoms with Crippen LogP contribution in [0, 0.1) is 6.92 Å². The summed E-state index contributed by atoms with van der Waals surface area (Å²) in [5.74, 6) is 0.512. The second-order valence-electron chi connectivity index (χ2n) is 3.57. The van der Waals surface area contributed by atoms with Crippen molar-refractivity contribution in [1.82, 2.24) is 4.98 Å². The zero-order valence-electron chi connectivity index (χ0n) is 10.8. The van der Waals surface area contributed by atoms with Crippen LogP contribution in [0.25, 0.3) is 6.08 Å². The first-order valence-electron chi connectivity index (χ1n) is 5.75. The Labute approximate surface area is 94.3 Å². The highest BCUT2D eigenvalue weighted by molar-refractivity contribution is 5.51. The molecule has 0 saturated carbocycles. The predicted molar refractivity (Wildman–Crippen MR) is 69.1 cm³/mol. The molecule has 0 bridgehead atoms. The fraction of sp³-hybridized carbons (Fsp3) is 0.500. The lowest BCUT2D eigenvalue weighted by Gasteiger charge is -2.06. The Hall–Kier alpha value is -1.11. The van der Waals surface area contributed by atoms with Crippen molar-refractivity contribution >= 4 is 6.08 Å². The molecule has 1 aromatic heterocycles. The zero-order chi connectivity index (χ0) is 11.8. The van der Waals surface area contributed by atoms with Crippen molar-refractivity contribution in [2.24, 2.45) is 0 Å². The maximum Gasteiger partial charge on any atom is 0.0448 e. The van der Waals surface area contributed by atoms with Crippen molar-refractivity contribution in [2.75, 3.05) is 0 Å². The SMILES string of the molecule is C/C=C\c1ccc(C(C)C)nc1C.CC. The minimum Gasteiger partial charge on any atom is -0.257 e. The van der Waals surface area contributed by atoms with Gasteiger partial charge in [-0.1, -0.05) is 45.9 Å². The molecule has 1 nitrogen and oxygen atoms in total. The van der Waals surface area contributed by atoms with E-state index in [-0.39, 0.29) is 0 Å². The van der Waals surface area contributed by atoms with Crippen LogP contribution in [0.15, 0.2) is 18.2 Å². The summed E-state index contributed by atoms with van der Waals surface area (Å²) in [4.78, 5) is 4.54. The van der Waals surface area contributed by atoms with Gasteiger partial charge in [0.2, 0.25) is 0 Å². The maximum absolute atomic E-state index is 4.54. The van der Waals surface area contributed by atoms with Crippen LogP contribution >= 0.6 is 0 Å². The van der Waals surface area contributed by atoms with E-state index in [1.807, 2.05) is 26.8 Å². The highest BCUT2D eigenvalue weighted by atomic mass is 14.7. The molecule has 0 aliphatic heterocycles. The molecule has 84 valence electrons. The lowest BCUT2D eigenvalue weighted by molar-refractivity contribution is 0.815. The number of pyridine rings is 1. The summed E-state index contributed by atoms with van der Waals surface area (Å²) < 4.78 is 0. The molecule has 1 heteroatoms. The first-order valence-corrected chi connectivity index (χ1v) is 5.75. The van der Waals surface area contributed by atoms with Gasteiger partial charge in [-0.25, -0.2) is 0 Å². The van der Waals surface area contributed by atoms with Crippen molar-refractivity contribution in [2.45, 2.75) is 47.5 Å². The largest absolute Gasteiger partial charge is 0.257 e. The Balaban J connectivity index is 0.000000921. The van der Waals surface area contributed by atoms with Crippen LogP contribution in [-0.2, 0) is 0 Å². The van der Waals surface area contributed by atoms with Gasteiger partial charge in [0.05, 0.1) is 0 Å². The predicted octanol–water partition coefficient (Wildman–Crippen LogP) is 4.57. The number of allylic oxidation sites excluding steroid dienone is 1. The number of nitrogens with zero attached hydrogens (tertiary/aromatic N) is 1. The summed E-state index contributed by atoms with van der Waals surface area (Å²) in [6.07, 6.45) is 4.13. The van der Waals surface area contributed by atoms with Gasteiger partial charge in [-0.2, -0.15) is 0 Å². The standard InChI is InChI=1S/C12H17N.C2H6/c1-5-6-11-7-8-12(9(2)3)13-10(11)4;1-2/h5-9H,1-4H3;1-2H3/b6-5-;. The zero-order valence-corrected chi connectivity index (χ0v) is 10.8. The van der Waals surface area contributed by atoms with Gasteiger partial charge in [-0.05, 0) is 31.4 Å². The van der Waals surface area contributed by atoms with Gasteiger partial charge in [0, 0.05) is 11.4 Å². The van der Waals surface area contributed by atoms with Gasteiger partial charge in [0.1, 0.15) is 0 Å². The maximum atomic E-state index is 4.54. The summed E-state index contributed by atoms with van der Waals surface area (Å²) in [7, 11) is 0. The molecule has 0 atom stereocenters. The molecule has 0 aliphatic rings. The monoisotopic (exact) mass is 205 g/mol.